The van der Waals surface area contributed by atoms with Crippen molar-refractivity contribution < 1.29 is 4.92 Å². The van der Waals surface area contributed by atoms with Gasteiger partial charge in [0.25, 0.3) is 5.69 Å². The zero-order valence-corrected chi connectivity index (χ0v) is 10.0. The van der Waals surface area contributed by atoms with Crippen molar-refractivity contribution >= 4 is 11.5 Å². The Kier molecular flexibility index (Phi) is 3.23. The quantitative estimate of drug-likeness (QED) is 0.634. The van der Waals surface area contributed by atoms with Gasteiger partial charge < -0.3 is 10.2 Å². The fourth-order valence-corrected chi connectivity index (χ4v) is 2.09. The molecule has 0 aromatic carbocycles. The first-order chi connectivity index (χ1) is 8.06. The van der Waals surface area contributed by atoms with Gasteiger partial charge in [0.2, 0.25) is 0 Å². The molecule has 2 heterocycles. The van der Waals surface area contributed by atoms with Crippen molar-refractivity contribution in [3.8, 4) is 0 Å². The van der Waals surface area contributed by atoms with E-state index in [0.717, 1.165) is 19.5 Å². The first kappa shape index (κ1) is 11.8. The molecule has 0 radical (unpaired) electrons. The van der Waals surface area contributed by atoms with Crippen LogP contribution in [0, 0.1) is 17.0 Å². The van der Waals surface area contributed by atoms with E-state index < -0.39 is 4.92 Å². The molecule has 1 saturated heterocycles. The average molecular weight is 236 g/mol. The van der Waals surface area contributed by atoms with Crippen LogP contribution in [-0.4, -0.2) is 41.0 Å². The average Bonchev–Trinajstić information content (AvgIpc) is 2.63. The van der Waals surface area contributed by atoms with Crippen LogP contribution < -0.4 is 5.32 Å². The molecule has 1 aromatic heterocycles. The number of nitro groups is 1. The van der Waals surface area contributed by atoms with E-state index in [0.29, 0.717) is 17.6 Å². The van der Waals surface area contributed by atoms with Crippen LogP contribution in [0.15, 0.2) is 12.1 Å². The van der Waals surface area contributed by atoms with Crippen molar-refractivity contribution in [1.29, 1.82) is 0 Å². The highest BCUT2D eigenvalue weighted by Gasteiger charge is 2.20. The van der Waals surface area contributed by atoms with Gasteiger partial charge in [-0.05, 0) is 33.0 Å². The number of hydrogen-bond acceptors (Lipinski definition) is 5. The summed E-state index contributed by atoms with van der Waals surface area (Å²) in [6.45, 7) is 3.71. The van der Waals surface area contributed by atoms with Crippen LogP contribution in [0.1, 0.15) is 12.1 Å². The lowest BCUT2D eigenvalue weighted by molar-refractivity contribution is -0.385. The second kappa shape index (κ2) is 4.67. The van der Waals surface area contributed by atoms with E-state index in [4.69, 9.17) is 0 Å². The second-order valence-corrected chi connectivity index (χ2v) is 4.45. The van der Waals surface area contributed by atoms with Crippen molar-refractivity contribution in [3.05, 3.63) is 27.9 Å². The fraction of sp³-hybridized carbons (Fsp3) is 0.545. The Morgan fingerprint density at radius 3 is 2.88 bits per heavy atom. The van der Waals surface area contributed by atoms with Gasteiger partial charge in [0.15, 0.2) is 0 Å². The first-order valence-corrected chi connectivity index (χ1v) is 5.63. The number of nitrogens with one attached hydrogen (secondary N) is 1. The third-order valence-corrected chi connectivity index (χ3v) is 3.00. The summed E-state index contributed by atoms with van der Waals surface area (Å²) in [4.78, 5) is 16.7. The van der Waals surface area contributed by atoms with Gasteiger partial charge in [-0.2, -0.15) is 0 Å². The molecule has 1 aromatic rings. The predicted molar refractivity (Wildman–Crippen MR) is 65.2 cm³/mol. The molecule has 0 amide bonds. The molecule has 0 saturated carbocycles. The maximum Gasteiger partial charge on any atom is 0.290 e. The van der Waals surface area contributed by atoms with Crippen LogP contribution in [-0.2, 0) is 0 Å². The highest BCUT2D eigenvalue weighted by molar-refractivity contribution is 5.45. The van der Waals surface area contributed by atoms with Crippen LogP contribution in [0.5, 0.6) is 0 Å². The van der Waals surface area contributed by atoms with E-state index in [2.05, 4.69) is 22.2 Å². The molecule has 0 spiro atoms. The number of aryl methyl sites for hydroxylation is 1. The van der Waals surface area contributed by atoms with Gasteiger partial charge in [0, 0.05) is 18.7 Å². The van der Waals surface area contributed by atoms with Crippen molar-refractivity contribution in [3.63, 3.8) is 0 Å². The number of rotatable bonds is 3. The van der Waals surface area contributed by atoms with Gasteiger partial charge in [-0.1, -0.05) is 0 Å². The van der Waals surface area contributed by atoms with Gasteiger partial charge in [-0.15, -0.1) is 0 Å². The maximum atomic E-state index is 10.7. The monoisotopic (exact) mass is 236 g/mol. The second-order valence-electron chi connectivity index (χ2n) is 4.45. The number of aromatic nitrogens is 1. The minimum atomic E-state index is -0.407. The van der Waals surface area contributed by atoms with Crippen LogP contribution in [0.25, 0.3) is 0 Å². The molecule has 6 heteroatoms. The normalized spacial score (nSPS) is 20.5. The van der Waals surface area contributed by atoms with Gasteiger partial charge in [-0.25, -0.2) is 4.98 Å². The van der Waals surface area contributed by atoms with E-state index in [1.807, 2.05) is 0 Å². The van der Waals surface area contributed by atoms with Crippen LogP contribution in [0.4, 0.5) is 11.5 Å². The topological polar surface area (TPSA) is 71.3 Å². The Morgan fingerprint density at radius 1 is 1.59 bits per heavy atom. The van der Waals surface area contributed by atoms with Crippen LogP contribution >= 0.6 is 0 Å². The molecule has 1 aliphatic rings. The Balaban J connectivity index is 2.07. The molecule has 0 aliphatic carbocycles. The first-order valence-electron chi connectivity index (χ1n) is 5.63. The molecule has 1 unspecified atom stereocenters. The summed E-state index contributed by atoms with van der Waals surface area (Å²) < 4.78 is 0. The van der Waals surface area contributed by atoms with E-state index in [-0.39, 0.29) is 5.69 Å². The lowest BCUT2D eigenvalue weighted by atomic mass is 10.2. The molecular formula is C11H16N4O2. The van der Waals surface area contributed by atoms with E-state index in [9.17, 15) is 10.1 Å². The van der Waals surface area contributed by atoms with E-state index in [1.165, 1.54) is 6.07 Å². The number of hydrogen-bond donors (Lipinski definition) is 1. The van der Waals surface area contributed by atoms with Crippen LogP contribution in [0.3, 0.4) is 0 Å². The SMILES string of the molecule is Cc1nc(NC2CCN(C)C2)ccc1[N+](=O)[O-]. The molecule has 17 heavy (non-hydrogen) atoms. The Hall–Kier alpha value is -1.69. The lowest BCUT2D eigenvalue weighted by Gasteiger charge is -2.13. The minimum Gasteiger partial charge on any atom is -0.366 e. The summed E-state index contributed by atoms with van der Waals surface area (Å²) in [5.74, 6) is 0.716. The maximum absolute atomic E-state index is 10.7. The molecule has 0 bridgehead atoms. The van der Waals surface area contributed by atoms with E-state index in [1.54, 1.807) is 13.0 Å². The third kappa shape index (κ3) is 2.71. The highest BCUT2D eigenvalue weighted by atomic mass is 16.6. The van der Waals surface area contributed by atoms with Gasteiger partial charge in [0.05, 0.1) is 4.92 Å². The van der Waals surface area contributed by atoms with Gasteiger partial charge in [-0.3, -0.25) is 10.1 Å². The summed E-state index contributed by atoms with van der Waals surface area (Å²) >= 11 is 0. The third-order valence-electron chi connectivity index (χ3n) is 3.00. The minimum absolute atomic E-state index is 0.0686. The summed E-state index contributed by atoms with van der Waals surface area (Å²) in [5.41, 5.74) is 0.519. The predicted octanol–water partition coefficient (Wildman–Crippen LogP) is 1.41. The van der Waals surface area contributed by atoms with Gasteiger partial charge >= 0.3 is 0 Å². The number of nitrogens with zero attached hydrogens (tertiary/aromatic N) is 3. The summed E-state index contributed by atoms with van der Waals surface area (Å²) in [5, 5.41) is 14.0. The summed E-state index contributed by atoms with van der Waals surface area (Å²) in [6.07, 6.45) is 1.08. The molecule has 1 aliphatic heterocycles. The number of likely N-dealkylation sites (tertiary alicyclic amines) is 1. The van der Waals surface area contributed by atoms with Crippen molar-refractivity contribution in [2.24, 2.45) is 0 Å². The molecule has 1 fully saturated rings. The smallest absolute Gasteiger partial charge is 0.290 e. The zero-order valence-electron chi connectivity index (χ0n) is 10.0. The molecule has 1 N–H and O–H groups in total. The Bertz CT molecular complexity index is 435. The molecule has 2 rings (SSSR count). The van der Waals surface area contributed by atoms with Crippen molar-refractivity contribution in [2.75, 3.05) is 25.5 Å². The summed E-state index contributed by atoms with van der Waals surface area (Å²) in [6, 6.07) is 3.56. The number of anilines is 1. The highest BCUT2D eigenvalue weighted by Crippen LogP contribution is 2.19. The van der Waals surface area contributed by atoms with Crippen molar-refractivity contribution in [2.45, 2.75) is 19.4 Å². The molecular weight excluding hydrogens is 220 g/mol. The number of likely N-dealkylation sites (N-methyl/N-ethyl adjacent to an activating group) is 1. The standard InChI is InChI=1S/C11H16N4O2/c1-8-10(15(16)17)3-4-11(12-8)13-9-5-6-14(2)7-9/h3-4,9H,5-7H2,1-2H3,(H,12,13). The lowest BCUT2D eigenvalue weighted by Crippen LogP contribution is -2.24. The molecule has 1 atom stereocenters. The fourth-order valence-electron chi connectivity index (χ4n) is 2.09. The summed E-state index contributed by atoms with van der Waals surface area (Å²) in [7, 11) is 2.08. The Labute approximate surface area is 99.8 Å². The van der Waals surface area contributed by atoms with Crippen LogP contribution in [0.2, 0.25) is 0 Å². The largest absolute Gasteiger partial charge is 0.366 e. The Morgan fingerprint density at radius 2 is 2.35 bits per heavy atom. The molecule has 92 valence electrons. The van der Waals surface area contributed by atoms with Gasteiger partial charge in [0.1, 0.15) is 11.5 Å². The van der Waals surface area contributed by atoms with E-state index >= 15 is 0 Å². The number of pyridine rings is 1. The van der Waals surface area contributed by atoms with Crippen molar-refractivity contribution in [1.82, 2.24) is 9.88 Å². The molecule has 6 nitrogen and oxygen atoms in total. The zero-order chi connectivity index (χ0) is 12.4.